The van der Waals surface area contributed by atoms with Crippen LogP contribution in [0, 0.1) is 6.92 Å². The number of likely N-dealkylation sites (tertiary alicyclic amines) is 1. The lowest BCUT2D eigenvalue weighted by Crippen LogP contribution is -2.46. The first kappa shape index (κ1) is 16.1. The third kappa shape index (κ3) is 4.38. The SMILES string of the molecule is COC(=O)NCC(=O)N1CCC(Oc2ccccc2C)CC1. The van der Waals surface area contributed by atoms with Crippen molar-refractivity contribution in [1.29, 1.82) is 0 Å². The van der Waals surface area contributed by atoms with Crippen molar-refractivity contribution in [2.24, 2.45) is 0 Å². The van der Waals surface area contributed by atoms with Crippen LogP contribution in [0.15, 0.2) is 24.3 Å². The molecule has 2 amide bonds. The molecular formula is C16H22N2O4. The van der Waals surface area contributed by atoms with Crippen molar-refractivity contribution in [3.8, 4) is 5.75 Å². The third-order valence-corrected chi connectivity index (χ3v) is 3.75. The summed E-state index contributed by atoms with van der Waals surface area (Å²) in [6.45, 7) is 3.26. The molecule has 1 N–H and O–H groups in total. The minimum Gasteiger partial charge on any atom is -0.490 e. The van der Waals surface area contributed by atoms with Gasteiger partial charge in [-0.05, 0) is 18.6 Å². The van der Waals surface area contributed by atoms with Gasteiger partial charge in [0.15, 0.2) is 0 Å². The van der Waals surface area contributed by atoms with Crippen LogP contribution in [-0.2, 0) is 9.53 Å². The van der Waals surface area contributed by atoms with E-state index in [1.807, 2.05) is 31.2 Å². The van der Waals surface area contributed by atoms with Crippen LogP contribution in [0.2, 0.25) is 0 Å². The number of para-hydroxylation sites is 1. The van der Waals surface area contributed by atoms with Crippen LogP contribution in [-0.4, -0.2) is 49.7 Å². The Morgan fingerprint density at radius 3 is 2.59 bits per heavy atom. The van der Waals surface area contributed by atoms with Crippen molar-refractivity contribution >= 4 is 12.0 Å². The summed E-state index contributed by atoms with van der Waals surface area (Å²) >= 11 is 0. The molecule has 6 nitrogen and oxygen atoms in total. The van der Waals surface area contributed by atoms with Gasteiger partial charge in [0.2, 0.25) is 5.91 Å². The van der Waals surface area contributed by atoms with E-state index < -0.39 is 6.09 Å². The van der Waals surface area contributed by atoms with Gasteiger partial charge in [-0.25, -0.2) is 4.79 Å². The highest BCUT2D eigenvalue weighted by atomic mass is 16.5. The Morgan fingerprint density at radius 2 is 1.95 bits per heavy atom. The Kier molecular flexibility index (Phi) is 5.63. The molecule has 0 unspecified atom stereocenters. The second kappa shape index (κ2) is 7.68. The topological polar surface area (TPSA) is 67.9 Å². The van der Waals surface area contributed by atoms with Gasteiger partial charge in [0.25, 0.3) is 0 Å². The molecule has 0 atom stereocenters. The molecule has 120 valence electrons. The molecule has 6 heteroatoms. The van der Waals surface area contributed by atoms with E-state index in [2.05, 4.69) is 10.1 Å². The van der Waals surface area contributed by atoms with Gasteiger partial charge in [-0.15, -0.1) is 0 Å². The highest BCUT2D eigenvalue weighted by molar-refractivity contribution is 5.82. The summed E-state index contributed by atoms with van der Waals surface area (Å²) in [5.74, 6) is 0.805. The third-order valence-electron chi connectivity index (χ3n) is 3.75. The summed E-state index contributed by atoms with van der Waals surface area (Å²) in [6, 6.07) is 7.93. The Balaban J connectivity index is 1.77. The molecule has 2 rings (SSSR count). The Labute approximate surface area is 130 Å². The molecule has 22 heavy (non-hydrogen) atoms. The summed E-state index contributed by atoms with van der Waals surface area (Å²) in [5, 5.41) is 2.40. The van der Waals surface area contributed by atoms with Crippen LogP contribution in [0.25, 0.3) is 0 Å². The highest BCUT2D eigenvalue weighted by Crippen LogP contribution is 2.22. The number of carbonyl (C=O) groups excluding carboxylic acids is 2. The van der Waals surface area contributed by atoms with Crippen LogP contribution in [0.1, 0.15) is 18.4 Å². The molecule has 1 heterocycles. The maximum Gasteiger partial charge on any atom is 0.407 e. The zero-order valence-corrected chi connectivity index (χ0v) is 13.0. The van der Waals surface area contributed by atoms with E-state index in [1.165, 1.54) is 7.11 Å². The quantitative estimate of drug-likeness (QED) is 0.919. The van der Waals surface area contributed by atoms with Gasteiger partial charge >= 0.3 is 6.09 Å². The molecule has 0 radical (unpaired) electrons. The zero-order chi connectivity index (χ0) is 15.9. The zero-order valence-electron chi connectivity index (χ0n) is 13.0. The lowest BCUT2D eigenvalue weighted by molar-refractivity contribution is -0.131. The minimum absolute atomic E-state index is 0.0318. The molecule has 1 aromatic carbocycles. The van der Waals surface area contributed by atoms with Gasteiger partial charge in [0.05, 0.1) is 7.11 Å². The normalized spacial score (nSPS) is 15.3. The summed E-state index contributed by atoms with van der Waals surface area (Å²) in [4.78, 5) is 24.7. The van der Waals surface area contributed by atoms with Gasteiger partial charge in [-0.3, -0.25) is 4.79 Å². The average molecular weight is 306 g/mol. The number of methoxy groups -OCH3 is 1. The molecular weight excluding hydrogens is 284 g/mol. The molecule has 1 aliphatic heterocycles. The maximum atomic E-state index is 12.0. The standard InChI is InChI=1S/C16H22N2O4/c1-12-5-3-4-6-14(12)22-13-7-9-18(10-8-13)15(19)11-17-16(20)21-2/h3-6,13H,7-11H2,1-2H3,(H,17,20). The lowest BCUT2D eigenvalue weighted by Gasteiger charge is -2.32. The van der Waals surface area contributed by atoms with Gasteiger partial charge in [0, 0.05) is 25.9 Å². The lowest BCUT2D eigenvalue weighted by atomic mass is 10.1. The summed E-state index contributed by atoms with van der Waals surface area (Å²) in [6.07, 6.45) is 1.11. The minimum atomic E-state index is -0.592. The van der Waals surface area contributed by atoms with Gasteiger partial charge in [-0.2, -0.15) is 0 Å². The molecule has 0 saturated carbocycles. The van der Waals surface area contributed by atoms with E-state index in [0.29, 0.717) is 13.1 Å². The second-order valence-corrected chi connectivity index (χ2v) is 5.31. The van der Waals surface area contributed by atoms with Gasteiger partial charge in [-0.1, -0.05) is 18.2 Å². The first-order chi connectivity index (χ1) is 10.6. The molecule has 0 spiro atoms. The number of alkyl carbamates (subject to hydrolysis) is 1. The predicted octanol–water partition coefficient (Wildman–Crippen LogP) is 1.72. The van der Waals surface area contributed by atoms with E-state index in [4.69, 9.17) is 4.74 Å². The molecule has 1 saturated heterocycles. The van der Waals surface area contributed by atoms with Crippen LogP contribution in [0.5, 0.6) is 5.75 Å². The average Bonchev–Trinajstić information content (AvgIpc) is 2.55. The second-order valence-electron chi connectivity index (χ2n) is 5.31. The largest absolute Gasteiger partial charge is 0.490 e. The molecule has 1 aliphatic rings. The number of ether oxygens (including phenoxy) is 2. The molecule has 1 aromatic rings. The van der Waals surface area contributed by atoms with Crippen molar-refractivity contribution < 1.29 is 19.1 Å². The number of nitrogens with one attached hydrogen (secondary N) is 1. The number of nitrogens with zero attached hydrogens (tertiary/aromatic N) is 1. The molecule has 0 aliphatic carbocycles. The first-order valence-electron chi connectivity index (χ1n) is 7.42. The van der Waals surface area contributed by atoms with Crippen molar-refractivity contribution in [3.05, 3.63) is 29.8 Å². The fourth-order valence-corrected chi connectivity index (χ4v) is 2.42. The van der Waals surface area contributed by atoms with Crippen molar-refractivity contribution in [2.75, 3.05) is 26.7 Å². The highest BCUT2D eigenvalue weighted by Gasteiger charge is 2.24. The van der Waals surface area contributed by atoms with Crippen LogP contribution >= 0.6 is 0 Å². The fraction of sp³-hybridized carbons (Fsp3) is 0.500. The Bertz CT molecular complexity index is 525. The first-order valence-corrected chi connectivity index (χ1v) is 7.42. The van der Waals surface area contributed by atoms with Crippen molar-refractivity contribution in [1.82, 2.24) is 10.2 Å². The number of piperidine rings is 1. The number of aryl methyl sites for hydroxylation is 1. The number of amides is 2. The Morgan fingerprint density at radius 1 is 1.27 bits per heavy atom. The number of rotatable bonds is 4. The van der Waals surface area contributed by atoms with E-state index in [1.54, 1.807) is 4.90 Å². The number of benzene rings is 1. The number of carbonyl (C=O) groups is 2. The van der Waals surface area contributed by atoms with E-state index in [9.17, 15) is 9.59 Å². The summed E-state index contributed by atoms with van der Waals surface area (Å²) < 4.78 is 10.4. The maximum absolute atomic E-state index is 12.0. The van der Waals surface area contributed by atoms with E-state index in [-0.39, 0.29) is 18.6 Å². The van der Waals surface area contributed by atoms with Crippen molar-refractivity contribution in [3.63, 3.8) is 0 Å². The van der Waals surface area contributed by atoms with E-state index >= 15 is 0 Å². The van der Waals surface area contributed by atoms with E-state index in [0.717, 1.165) is 24.2 Å². The molecule has 0 aromatic heterocycles. The fourth-order valence-electron chi connectivity index (χ4n) is 2.42. The number of hydrogen-bond donors (Lipinski definition) is 1. The molecule has 0 bridgehead atoms. The monoisotopic (exact) mass is 306 g/mol. The van der Waals surface area contributed by atoms with Crippen LogP contribution in [0.3, 0.4) is 0 Å². The van der Waals surface area contributed by atoms with Crippen LogP contribution < -0.4 is 10.1 Å². The predicted molar refractivity (Wildman–Crippen MR) is 81.8 cm³/mol. The summed E-state index contributed by atoms with van der Waals surface area (Å²) in [7, 11) is 1.27. The molecule has 1 fully saturated rings. The van der Waals surface area contributed by atoms with Gasteiger partial charge in [0.1, 0.15) is 18.4 Å². The number of hydrogen-bond acceptors (Lipinski definition) is 4. The van der Waals surface area contributed by atoms with Crippen molar-refractivity contribution in [2.45, 2.75) is 25.9 Å². The smallest absolute Gasteiger partial charge is 0.407 e. The Hall–Kier alpha value is -2.24. The van der Waals surface area contributed by atoms with Crippen LogP contribution in [0.4, 0.5) is 4.79 Å². The van der Waals surface area contributed by atoms with Gasteiger partial charge < -0.3 is 19.7 Å². The summed E-state index contributed by atoms with van der Waals surface area (Å²) in [5.41, 5.74) is 1.11.